The predicted molar refractivity (Wildman–Crippen MR) is 222 cm³/mol. The molecule has 0 bridgehead atoms. The Kier molecular flexibility index (Phi) is 9.47. The first-order valence-electron chi connectivity index (χ1n) is 18.3. The van der Waals surface area contributed by atoms with E-state index >= 15 is 0 Å². The summed E-state index contributed by atoms with van der Waals surface area (Å²) in [5.74, 6) is -0.765. The first kappa shape index (κ1) is 35.5. The molecule has 0 aromatic heterocycles. The Bertz CT molecular complexity index is 2450. The van der Waals surface area contributed by atoms with Gasteiger partial charge in [-0.25, -0.2) is 29.4 Å². The topological polar surface area (TPSA) is 119 Å². The number of hydrogen-bond acceptors (Lipinski definition) is 10. The minimum Gasteiger partial charge on any atom is -0.402 e. The van der Waals surface area contributed by atoms with Crippen LogP contribution in [0.5, 0.6) is 0 Å². The van der Waals surface area contributed by atoms with Crippen LogP contribution < -0.4 is 4.90 Å². The number of anilines is 3. The standard InChI is InChI=1S/C48H30N4O6/c53-46-40(49-43(56-46)34-10-4-1-5-11-34)28-31-16-22-37(23-17-31)52(38-24-18-32(19-25-38)29-41-47(54)57-44(50-41)35-12-6-2-7-13-35)39-26-20-33(21-27-39)30-42-48(55)58-45(51-42)36-14-8-3-9-15-36/h1-30H/b40-28+,41-29+,42-30+. The van der Waals surface area contributed by atoms with Crippen molar-refractivity contribution in [2.45, 2.75) is 0 Å². The number of hydrogen-bond donors (Lipinski definition) is 0. The maximum absolute atomic E-state index is 12.7. The molecule has 9 rings (SSSR count). The number of esters is 3. The Morgan fingerprint density at radius 3 is 0.862 bits per heavy atom. The van der Waals surface area contributed by atoms with Crippen LogP contribution in [-0.4, -0.2) is 35.6 Å². The summed E-state index contributed by atoms with van der Waals surface area (Å²) >= 11 is 0. The van der Waals surface area contributed by atoms with Crippen molar-refractivity contribution >= 4 is 70.9 Å². The van der Waals surface area contributed by atoms with Crippen molar-refractivity contribution in [2.24, 2.45) is 15.0 Å². The fourth-order valence-electron chi connectivity index (χ4n) is 6.42. The monoisotopic (exact) mass is 758 g/mol. The quantitative estimate of drug-likeness (QED) is 0.0820. The maximum atomic E-state index is 12.7. The third-order valence-electron chi connectivity index (χ3n) is 9.29. The maximum Gasteiger partial charge on any atom is 0.363 e. The molecule has 0 atom stereocenters. The second kappa shape index (κ2) is 15.5. The number of ether oxygens (including phenoxy) is 3. The lowest BCUT2D eigenvalue weighted by molar-refractivity contribution is -0.130. The molecule has 0 N–H and O–H groups in total. The van der Waals surface area contributed by atoms with Gasteiger partial charge in [-0.15, -0.1) is 0 Å². The number of benzene rings is 6. The first-order valence-corrected chi connectivity index (χ1v) is 18.3. The summed E-state index contributed by atoms with van der Waals surface area (Å²) in [5.41, 5.74) is 7.53. The molecule has 0 fully saturated rings. The Morgan fingerprint density at radius 1 is 0.345 bits per heavy atom. The van der Waals surface area contributed by atoms with E-state index in [2.05, 4.69) is 19.9 Å². The van der Waals surface area contributed by atoms with E-state index in [1.807, 2.05) is 164 Å². The van der Waals surface area contributed by atoms with Crippen LogP contribution in [0, 0.1) is 0 Å². The van der Waals surface area contributed by atoms with Gasteiger partial charge < -0.3 is 19.1 Å². The molecular weight excluding hydrogens is 729 g/mol. The van der Waals surface area contributed by atoms with E-state index in [0.717, 1.165) is 50.4 Å². The van der Waals surface area contributed by atoms with Gasteiger partial charge in [-0.2, -0.15) is 0 Å². The second-order valence-electron chi connectivity index (χ2n) is 13.2. The van der Waals surface area contributed by atoms with Crippen LogP contribution in [0.2, 0.25) is 0 Å². The normalized spacial score (nSPS) is 16.9. The molecule has 10 heteroatoms. The van der Waals surface area contributed by atoms with Crippen LogP contribution in [0.4, 0.5) is 17.1 Å². The number of cyclic esters (lactones) is 3. The summed E-state index contributed by atoms with van der Waals surface area (Å²) in [7, 11) is 0. The summed E-state index contributed by atoms with van der Waals surface area (Å²) in [6, 6.07) is 50.9. The minimum absolute atomic E-state index is 0.204. The van der Waals surface area contributed by atoms with Crippen molar-refractivity contribution in [3.63, 3.8) is 0 Å². The van der Waals surface area contributed by atoms with Crippen LogP contribution in [0.3, 0.4) is 0 Å². The van der Waals surface area contributed by atoms with Gasteiger partial charge in [0, 0.05) is 33.8 Å². The molecule has 278 valence electrons. The van der Waals surface area contributed by atoms with Crippen molar-refractivity contribution in [3.8, 4) is 0 Å². The van der Waals surface area contributed by atoms with Gasteiger partial charge in [0.25, 0.3) is 0 Å². The van der Waals surface area contributed by atoms with Gasteiger partial charge in [-0.3, -0.25) is 0 Å². The molecule has 58 heavy (non-hydrogen) atoms. The lowest BCUT2D eigenvalue weighted by atomic mass is 10.1. The zero-order valence-electron chi connectivity index (χ0n) is 30.6. The third kappa shape index (κ3) is 7.53. The highest BCUT2D eigenvalue weighted by Gasteiger charge is 2.26. The Hall–Kier alpha value is -8.24. The van der Waals surface area contributed by atoms with E-state index in [9.17, 15) is 14.4 Å². The van der Waals surface area contributed by atoms with Gasteiger partial charge >= 0.3 is 17.9 Å². The lowest BCUT2D eigenvalue weighted by Gasteiger charge is -2.26. The van der Waals surface area contributed by atoms with Gasteiger partial charge in [0.05, 0.1) is 0 Å². The zero-order valence-corrected chi connectivity index (χ0v) is 30.6. The highest BCUT2D eigenvalue weighted by Crippen LogP contribution is 2.36. The van der Waals surface area contributed by atoms with Crippen LogP contribution >= 0.6 is 0 Å². The molecule has 3 aliphatic rings. The molecular formula is C48H30N4O6. The highest BCUT2D eigenvalue weighted by atomic mass is 16.6. The van der Waals surface area contributed by atoms with E-state index in [0.29, 0.717) is 0 Å². The number of nitrogens with zero attached hydrogens (tertiary/aromatic N) is 4. The van der Waals surface area contributed by atoms with Crippen molar-refractivity contribution in [2.75, 3.05) is 4.90 Å². The average molecular weight is 759 g/mol. The van der Waals surface area contributed by atoms with Crippen LogP contribution in [-0.2, 0) is 28.6 Å². The SMILES string of the molecule is O=C1OC(c2ccccc2)=N/C1=C/c1ccc(N(c2ccc(/C=C3/N=C(c4ccccc4)OC3=O)cc2)c2ccc(/C=C3/N=C(c4ccccc4)OC3=O)cc2)cc1. The molecule has 10 nitrogen and oxygen atoms in total. The predicted octanol–water partition coefficient (Wildman–Crippen LogP) is 9.19. The molecule has 0 spiro atoms. The number of rotatable bonds is 9. The minimum atomic E-state index is -0.518. The molecule has 3 heterocycles. The average Bonchev–Trinajstić information content (AvgIpc) is 3.95. The summed E-state index contributed by atoms with van der Waals surface area (Å²) in [5, 5.41) is 0. The Balaban J connectivity index is 1.02. The van der Waals surface area contributed by atoms with E-state index in [-0.39, 0.29) is 34.8 Å². The largest absolute Gasteiger partial charge is 0.402 e. The molecule has 3 aliphatic heterocycles. The van der Waals surface area contributed by atoms with Crippen LogP contribution in [0.25, 0.3) is 18.2 Å². The van der Waals surface area contributed by atoms with Crippen LogP contribution in [0.15, 0.2) is 196 Å². The van der Waals surface area contributed by atoms with Gasteiger partial charge in [0.15, 0.2) is 17.1 Å². The molecule has 0 radical (unpaired) electrons. The van der Waals surface area contributed by atoms with Gasteiger partial charge in [0.2, 0.25) is 17.7 Å². The summed E-state index contributed by atoms with van der Waals surface area (Å²) in [6.45, 7) is 0. The number of aliphatic imine (C=N–C) groups is 3. The fourth-order valence-corrected chi connectivity index (χ4v) is 6.42. The molecule has 0 amide bonds. The van der Waals surface area contributed by atoms with Gasteiger partial charge in [-0.05, 0) is 108 Å². The molecule has 0 saturated carbocycles. The van der Waals surface area contributed by atoms with E-state index in [4.69, 9.17) is 14.2 Å². The second-order valence-corrected chi connectivity index (χ2v) is 13.2. The van der Waals surface area contributed by atoms with Crippen molar-refractivity contribution in [1.82, 2.24) is 0 Å². The molecule has 6 aromatic carbocycles. The fraction of sp³-hybridized carbons (Fsp3) is 0. The summed E-state index contributed by atoms with van der Waals surface area (Å²) < 4.78 is 16.3. The smallest absolute Gasteiger partial charge is 0.363 e. The molecule has 0 unspecified atom stereocenters. The summed E-state index contributed by atoms with van der Waals surface area (Å²) in [4.78, 5) is 53.4. The van der Waals surface area contributed by atoms with E-state index < -0.39 is 17.9 Å². The Morgan fingerprint density at radius 2 is 0.603 bits per heavy atom. The third-order valence-corrected chi connectivity index (χ3v) is 9.29. The Labute approximate surface area is 332 Å². The van der Waals surface area contributed by atoms with Crippen molar-refractivity contribution in [1.29, 1.82) is 0 Å². The first-order chi connectivity index (χ1) is 28.4. The summed E-state index contributed by atoms with van der Waals surface area (Å²) in [6.07, 6.45) is 5.07. The zero-order chi connectivity index (χ0) is 39.4. The molecule has 6 aromatic rings. The van der Waals surface area contributed by atoms with Gasteiger partial charge in [-0.1, -0.05) is 91.0 Å². The van der Waals surface area contributed by atoms with E-state index in [1.54, 1.807) is 18.2 Å². The van der Waals surface area contributed by atoms with Crippen molar-refractivity contribution in [3.05, 3.63) is 214 Å². The highest BCUT2D eigenvalue weighted by molar-refractivity contribution is 6.14. The lowest BCUT2D eigenvalue weighted by Crippen LogP contribution is -2.10. The van der Waals surface area contributed by atoms with E-state index in [1.165, 1.54) is 0 Å². The van der Waals surface area contributed by atoms with Gasteiger partial charge in [0.1, 0.15) is 0 Å². The number of carbonyl (C=O) groups is 3. The molecule has 0 saturated heterocycles. The van der Waals surface area contributed by atoms with Crippen molar-refractivity contribution < 1.29 is 28.6 Å². The molecule has 0 aliphatic carbocycles. The number of carbonyl (C=O) groups excluding carboxylic acids is 3. The van der Waals surface area contributed by atoms with Crippen LogP contribution in [0.1, 0.15) is 33.4 Å².